The molecule has 5 nitrogen and oxygen atoms in total. The molecule has 0 fully saturated rings. The van der Waals surface area contributed by atoms with Gasteiger partial charge >= 0.3 is 5.97 Å². The highest BCUT2D eigenvalue weighted by Gasteiger charge is 2.09. The normalized spacial score (nSPS) is 10.7. The van der Waals surface area contributed by atoms with Crippen molar-refractivity contribution in [3.63, 3.8) is 0 Å². The maximum Gasteiger partial charge on any atom is 0.336 e. The molecule has 1 aromatic carbocycles. The second kappa shape index (κ2) is 4.70. The summed E-state index contributed by atoms with van der Waals surface area (Å²) in [5, 5.41) is 13.1. The van der Waals surface area contributed by atoms with Crippen LogP contribution in [0.2, 0.25) is 0 Å². The minimum absolute atomic E-state index is 0.273. The van der Waals surface area contributed by atoms with Gasteiger partial charge in [0.1, 0.15) is 11.4 Å². The molecule has 2 aromatic heterocycles. The third-order valence-electron chi connectivity index (χ3n) is 3.11. The first-order valence-corrected chi connectivity index (χ1v) is 6.08. The zero-order valence-corrected chi connectivity index (χ0v) is 10.8. The van der Waals surface area contributed by atoms with E-state index in [0.29, 0.717) is 11.5 Å². The summed E-state index contributed by atoms with van der Waals surface area (Å²) in [4.78, 5) is 15.4. The minimum atomic E-state index is -0.944. The largest absolute Gasteiger partial charge is 0.478 e. The predicted molar refractivity (Wildman–Crippen MR) is 75.4 cm³/mol. The zero-order valence-electron chi connectivity index (χ0n) is 10.8. The van der Waals surface area contributed by atoms with Gasteiger partial charge in [-0.05, 0) is 36.8 Å². The van der Waals surface area contributed by atoms with E-state index in [4.69, 9.17) is 9.52 Å². The van der Waals surface area contributed by atoms with Gasteiger partial charge in [-0.15, -0.1) is 0 Å². The van der Waals surface area contributed by atoms with Crippen molar-refractivity contribution in [3.05, 3.63) is 53.9 Å². The number of aromatic carboxylic acids is 1. The van der Waals surface area contributed by atoms with E-state index in [1.54, 1.807) is 37.6 Å². The maximum absolute atomic E-state index is 11.1. The van der Waals surface area contributed by atoms with E-state index in [0.717, 1.165) is 16.5 Å². The van der Waals surface area contributed by atoms with Crippen molar-refractivity contribution in [1.29, 1.82) is 0 Å². The Morgan fingerprint density at radius 3 is 2.95 bits per heavy atom. The van der Waals surface area contributed by atoms with Gasteiger partial charge in [-0.3, -0.25) is 0 Å². The molecule has 0 atom stereocenters. The second-order valence-electron chi connectivity index (χ2n) is 4.45. The molecule has 100 valence electrons. The van der Waals surface area contributed by atoms with Gasteiger partial charge < -0.3 is 14.8 Å². The van der Waals surface area contributed by atoms with Gasteiger partial charge in [0.05, 0.1) is 17.2 Å². The van der Waals surface area contributed by atoms with E-state index < -0.39 is 5.97 Å². The minimum Gasteiger partial charge on any atom is -0.478 e. The van der Waals surface area contributed by atoms with Crippen LogP contribution in [0, 0.1) is 6.92 Å². The summed E-state index contributed by atoms with van der Waals surface area (Å²) in [7, 11) is 0. The molecule has 2 N–H and O–H groups in total. The van der Waals surface area contributed by atoms with Crippen LogP contribution in [0.5, 0.6) is 0 Å². The lowest BCUT2D eigenvalue weighted by atomic mass is 10.1. The number of benzene rings is 1. The molecule has 0 aliphatic heterocycles. The molecule has 0 saturated heterocycles. The average Bonchev–Trinajstić information content (AvgIpc) is 2.90. The Morgan fingerprint density at radius 2 is 2.15 bits per heavy atom. The number of aromatic nitrogens is 1. The number of nitrogens with zero attached hydrogens (tertiary/aromatic N) is 1. The van der Waals surface area contributed by atoms with Gasteiger partial charge in [-0.25, -0.2) is 9.78 Å². The van der Waals surface area contributed by atoms with Crippen LogP contribution in [-0.2, 0) is 0 Å². The quantitative estimate of drug-likeness (QED) is 0.759. The molecule has 0 spiro atoms. The molecule has 3 rings (SSSR count). The number of hydrogen-bond donors (Lipinski definition) is 2. The Balaban J connectivity index is 2.01. The molecule has 0 bridgehead atoms. The van der Waals surface area contributed by atoms with E-state index in [-0.39, 0.29) is 5.56 Å². The van der Waals surface area contributed by atoms with Gasteiger partial charge in [0.15, 0.2) is 0 Å². The van der Waals surface area contributed by atoms with Crippen LogP contribution >= 0.6 is 0 Å². The second-order valence-corrected chi connectivity index (χ2v) is 4.45. The molecule has 0 amide bonds. The highest BCUT2D eigenvalue weighted by atomic mass is 16.4. The van der Waals surface area contributed by atoms with Gasteiger partial charge in [0.2, 0.25) is 0 Å². The number of carboxylic acids is 1. The molecule has 5 heteroatoms. The summed E-state index contributed by atoms with van der Waals surface area (Å²) in [6.07, 6.45) is 3.23. The molecule has 2 heterocycles. The standard InChI is InChI=1S/C15H12N2O3/c1-9-2-3-10(8-12(9)15(18)19)17-14-11-5-7-20-13(11)4-6-16-14/h2-8H,1H3,(H,16,17)(H,18,19). The summed E-state index contributed by atoms with van der Waals surface area (Å²) in [6.45, 7) is 1.77. The number of furan rings is 1. The van der Waals surface area contributed by atoms with Crippen molar-refractivity contribution >= 4 is 28.4 Å². The summed E-state index contributed by atoms with van der Waals surface area (Å²) < 4.78 is 5.30. The van der Waals surface area contributed by atoms with Crippen LogP contribution in [0.4, 0.5) is 11.5 Å². The van der Waals surface area contributed by atoms with Crippen LogP contribution in [0.15, 0.2) is 47.2 Å². The fraction of sp³-hybridized carbons (Fsp3) is 0.0667. The number of aryl methyl sites for hydroxylation is 1. The monoisotopic (exact) mass is 268 g/mol. The molecule has 0 radical (unpaired) electrons. The summed E-state index contributed by atoms with van der Waals surface area (Å²) in [6, 6.07) is 8.78. The Morgan fingerprint density at radius 1 is 1.30 bits per heavy atom. The van der Waals surface area contributed by atoms with Crippen molar-refractivity contribution in [2.75, 3.05) is 5.32 Å². The van der Waals surface area contributed by atoms with Crippen molar-refractivity contribution < 1.29 is 14.3 Å². The van der Waals surface area contributed by atoms with Crippen LogP contribution in [0.3, 0.4) is 0 Å². The lowest BCUT2D eigenvalue weighted by molar-refractivity contribution is 0.0696. The number of carbonyl (C=O) groups is 1. The van der Waals surface area contributed by atoms with Gasteiger partial charge in [-0.2, -0.15) is 0 Å². The molecule has 0 aliphatic rings. The van der Waals surface area contributed by atoms with Crippen molar-refractivity contribution in [3.8, 4) is 0 Å². The zero-order chi connectivity index (χ0) is 14.1. The Kier molecular flexibility index (Phi) is 2.87. The van der Waals surface area contributed by atoms with Crippen molar-refractivity contribution in [1.82, 2.24) is 4.98 Å². The fourth-order valence-electron chi connectivity index (χ4n) is 2.06. The number of rotatable bonds is 3. The summed E-state index contributed by atoms with van der Waals surface area (Å²) in [5.41, 5.74) is 2.40. The molecular weight excluding hydrogens is 256 g/mol. The maximum atomic E-state index is 11.1. The molecule has 0 saturated carbocycles. The van der Waals surface area contributed by atoms with Gasteiger partial charge in [-0.1, -0.05) is 6.07 Å². The van der Waals surface area contributed by atoms with Crippen LogP contribution in [0.25, 0.3) is 11.0 Å². The number of anilines is 2. The SMILES string of the molecule is Cc1ccc(Nc2nccc3occc23)cc1C(=O)O. The Bertz CT molecular complexity index is 793. The highest BCUT2D eigenvalue weighted by Crippen LogP contribution is 2.26. The Labute approximate surface area is 114 Å². The first-order valence-electron chi connectivity index (χ1n) is 6.08. The van der Waals surface area contributed by atoms with E-state index in [1.165, 1.54) is 0 Å². The van der Waals surface area contributed by atoms with Gasteiger partial charge in [0, 0.05) is 11.9 Å². The van der Waals surface area contributed by atoms with E-state index >= 15 is 0 Å². The van der Waals surface area contributed by atoms with E-state index in [9.17, 15) is 4.79 Å². The first kappa shape index (κ1) is 12.2. The fourth-order valence-corrected chi connectivity index (χ4v) is 2.06. The number of fused-ring (bicyclic) bond motifs is 1. The summed E-state index contributed by atoms with van der Waals surface area (Å²) in [5.74, 6) is -0.308. The first-order chi connectivity index (χ1) is 9.65. The third-order valence-corrected chi connectivity index (χ3v) is 3.11. The number of carboxylic acid groups (broad SMARTS) is 1. The topological polar surface area (TPSA) is 75.4 Å². The van der Waals surface area contributed by atoms with Crippen molar-refractivity contribution in [2.24, 2.45) is 0 Å². The smallest absolute Gasteiger partial charge is 0.336 e. The predicted octanol–water partition coefficient (Wildman–Crippen LogP) is 3.58. The average molecular weight is 268 g/mol. The number of nitrogens with one attached hydrogen (secondary N) is 1. The van der Waals surface area contributed by atoms with Crippen LogP contribution in [0.1, 0.15) is 15.9 Å². The molecule has 0 aliphatic carbocycles. The van der Waals surface area contributed by atoms with E-state index in [1.807, 2.05) is 12.1 Å². The van der Waals surface area contributed by atoms with Gasteiger partial charge in [0.25, 0.3) is 0 Å². The number of pyridine rings is 1. The highest BCUT2D eigenvalue weighted by molar-refractivity contribution is 5.92. The third kappa shape index (κ3) is 2.09. The summed E-state index contributed by atoms with van der Waals surface area (Å²) >= 11 is 0. The molecule has 3 aromatic rings. The van der Waals surface area contributed by atoms with E-state index in [2.05, 4.69) is 10.3 Å². The van der Waals surface area contributed by atoms with Crippen LogP contribution < -0.4 is 5.32 Å². The lowest BCUT2D eigenvalue weighted by Crippen LogP contribution is -2.01. The van der Waals surface area contributed by atoms with Crippen molar-refractivity contribution in [2.45, 2.75) is 6.92 Å². The number of hydrogen-bond acceptors (Lipinski definition) is 4. The Hall–Kier alpha value is -2.82. The molecule has 0 unspecified atom stereocenters. The lowest BCUT2D eigenvalue weighted by Gasteiger charge is -2.08. The van der Waals surface area contributed by atoms with Crippen LogP contribution in [-0.4, -0.2) is 16.1 Å². The molecular formula is C15H12N2O3. The molecule has 20 heavy (non-hydrogen) atoms.